The molecule has 0 saturated carbocycles. The van der Waals surface area contributed by atoms with E-state index in [0.29, 0.717) is 11.0 Å². The van der Waals surface area contributed by atoms with Crippen molar-refractivity contribution in [1.29, 1.82) is 0 Å². The van der Waals surface area contributed by atoms with Crippen molar-refractivity contribution < 1.29 is 23.2 Å². The van der Waals surface area contributed by atoms with Gasteiger partial charge in [0.1, 0.15) is 0 Å². The molecule has 2 N–H and O–H groups in total. The smallest absolute Gasteiger partial charge is 0.423 e. The summed E-state index contributed by atoms with van der Waals surface area (Å²) >= 11 is 0. The third-order valence-corrected chi connectivity index (χ3v) is 2.55. The molecule has 18 heavy (non-hydrogen) atoms. The lowest BCUT2D eigenvalue weighted by Gasteiger charge is -2.19. The van der Waals surface area contributed by atoms with Crippen LogP contribution in [0.25, 0.3) is 0 Å². The molecule has 100 valence electrons. The molecule has 0 saturated heterocycles. The Hall–Kier alpha value is -1.05. The first-order valence-electron chi connectivity index (χ1n) is 5.49. The van der Waals surface area contributed by atoms with Crippen LogP contribution in [0.3, 0.4) is 0 Å². The summed E-state index contributed by atoms with van der Waals surface area (Å²) < 4.78 is 36.2. The fraction of sp³-hybridized carbons (Fsp3) is 0.455. The summed E-state index contributed by atoms with van der Waals surface area (Å²) in [5.41, 5.74) is 0.925. The van der Waals surface area contributed by atoms with Crippen molar-refractivity contribution in [2.45, 2.75) is 19.1 Å². The molecule has 1 aromatic carbocycles. The number of hydrogen-bond donors (Lipinski definition) is 2. The highest BCUT2D eigenvalue weighted by atomic mass is 19.4. The monoisotopic (exact) mass is 261 g/mol. The molecular formula is C11H15BF3NO2. The first kappa shape index (κ1) is 15.0. The third kappa shape index (κ3) is 5.08. The predicted molar refractivity (Wildman–Crippen MR) is 63.3 cm³/mol. The van der Waals surface area contributed by atoms with Crippen LogP contribution in [0.1, 0.15) is 12.0 Å². The van der Waals surface area contributed by atoms with Gasteiger partial charge in [-0.05, 0) is 18.1 Å². The summed E-state index contributed by atoms with van der Waals surface area (Å²) in [6, 6.07) is 6.56. The number of benzene rings is 1. The molecule has 1 aromatic rings. The van der Waals surface area contributed by atoms with Gasteiger partial charge in [-0.2, -0.15) is 13.2 Å². The van der Waals surface area contributed by atoms with Gasteiger partial charge < -0.3 is 14.9 Å². The van der Waals surface area contributed by atoms with Gasteiger partial charge in [-0.3, -0.25) is 0 Å². The van der Waals surface area contributed by atoms with Gasteiger partial charge in [0.15, 0.2) is 0 Å². The van der Waals surface area contributed by atoms with E-state index in [2.05, 4.69) is 0 Å². The Balaban J connectivity index is 2.62. The van der Waals surface area contributed by atoms with E-state index in [1.807, 2.05) is 0 Å². The van der Waals surface area contributed by atoms with E-state index in [-0.39, 0.29) is 13.1 Å². The maximum atomic E-state index is 12.1. The Morgan fingerprint density at radius 2 is 1.83 bits per heavy atom. The van der Waals surface area contributed by atoms with Gasteiger partial charge in [0.05, 0.1) is 6.42 Å². The second kappa shape index (κ2) is 6.22. The summed E-state index contributed by atoms with van der Waals surface area (Å²) in [6.45, 7) is 0.114. The van der Waals surface area contributed by atoms with Gasteiger partial charge in [-0.15, -0.1) is 0 Å². The maximum absolute atomic E-state index is 12.1. The zero-order chi connectivity index (χ0) is 13.8. The Kier molecular flexibility index (Phi) is 5.19. The molecule has 0 atom stereocenters. The topological polar surface area (TPSA) is 43.7 Å². The molecule has 0 aromatic heterocycles. The summed E-state index contributed by atoms with van der Waals surface area (Å²) in [4.78, 5) is 1.49. The van der Waals surface area contributed by atoms with Crippen LogP contribution in [-0.4, -0.2) is 41.8 Å². The number of rotatable bonds is 5. The highest BCUT2D eigenvalue weighted by Gasteiger charge is 2.27. The minimum Gasteiger partial charge on any atom is -0.423 e. The molecule has 0 bridgehead atoms. The van der Waals surface area contributed by atoms with E-state index in [9.17, 15) is 13.2 Å². The van der Waals surface area contributed by atoms with Crippen LogP contribution < -0.4 is 5.46 Å². The molecule has 1 rings (SSSR count). The highest BCUT2D eigenvalue weighted by Crippen LogP contribution is 2.19. The zero-order valence-electron chi connectivity index (χ0n) is 9.98. The molecule has 0 amide bonds. The molecule has 0 heterocycles. The number of alkyl halides is 3. The van der Waals surface area contributed by atoms with Crippen LogP contribution >= 0.6 is 0 Å². The maximum Gasteiger partial charge on any atom is 0.488 e. The third-order valence-electron chi connectivity index (χ3n) is 2.55. The van der Waals surface area contributed by atoms with E-state index in [4.69, 9.17) is 10.0 Å². The van der Waals surface area contributed by atoms with E-state index >= 15 is 0 Å². The lowest BCUT2D eigenvalue weighted by atomic mass is 9.77. The predicted octanol–water partition coefficient (Wildman–Crippen LogP) is 0.751. The fourth-order valence-corrected chi connectivity index (χ4v) is 1.62. The van der Waals surface area contributed by atoms with Gasteiger partial charge in [0.2, 0.25) is 0 Å². The summed E-state index contributed by atoms with van der Waals surface area (Å²) in [5, 5.41) is 18.3. The summed E-state index contributed by atoms with van der Waals surface area (Å²) in [7, 11) is -0.0519. The van der Waals surface area contributed by atoms with Crippen LogP contribution in [0.4, 0.5) is 13.2 Å². The Morgan fingerprint density at radius 3 is 2.39 bits per heavy atom. The molecule has 0 spiro atoms. The molecule has 0 aliphatic rings. The molecule has 0 radical (unpaired) electrons. The molecule has 0 aliphatic carbocycles. The normalized spacial score (nSPS) is 11.9. The van der Waals surface area contributed by atoms with Crippen LogP contribution in [0, 0.1) is 0 Å². The van der Waals surface area contributed by atoms with Crippen LogP contribution in [-0.2, 0) is 6.54 Å². The molecule has 7 heteroatoms. The lowest BCUT2D eigenvalue weighted by Crippen LogP contribution is -2.35. The van der Waals surface area contributed by atoms with Gasteiger partial charge >= 0.3 is 13.3 Å². The number of hydrogen-bond acceptors (Lipinski definition) is 3. The lowest BCUT2D eigenvalue weighted by molar-refractivity contribution is -0.137. The minimum atomic E-state index is -4.18. The van der Waals surface area contributed by atoms with Gasteiger partial charge in [0, 0.05) is 13.1 Å². The van der Waals surface area contributed by atoms with Crippen molar-refractivity contribution in [3.63, 3.8) is 0 Å². The van der Waals surface area contributed by atoms with Gasteiger partial charge in [-0.25, -0.2) is 0 Å². The highest BCUT2D eigenvalue weighted by molar-refractivity contribution is 6.59. The SMILES string of the molecule is CN(CCC(F)(F)F)Cc1ccccc1B(O)O. The van der Waals surface area contributed by atoms with E-state index in [0.717, 1.165) is 0 Å². The van der Waals surface area contributed by atoms with Crippen LogP contribution in [0.15, 0.2) is 24.3 Å². The van der Waals surface area contributed by atoms with E-state index in [1.165, 1.54) is 11.0 Å². The number of halogens is 3. The zero-order valence-corrected chi connectivity index (χ0v) is 9.98. The van der Waals surface area contributed by atoms with Crippen molar-refractivity contribution >= 4 is 12.6 Å². The molecular weight excluding hydrogens is 246 g/mol. The van der Waals surface area contributed by atoms with E-state index in [1.54, 1.807) is 25.2 Å². The van der Waals surface area contributed by atoms with Crippen molar-refractivity contribution in [2.24, 2.45) is 0 Å². The van der Waals surface area contributed by atoms with Crippen molar-refractivity contribution in [3.05, 3.63) is 29.8 Å². The van der Waals surface area contributed by atoms with Crippen molar-refractivity contribution in [1.82, 2.24) is 4.90 Å². The summed E-state index contributed by atoms with van der Waals surface area (Å²) in [5.74, 6) is 0. The Morgan fingerprint density at radius 1 is 1.22 bits per heavy atom. The first-order chi connectivity index (χ1) is 8.29. The Labute approximate surface area is 104 Å². The first-order valence-corrected chi connectivity index (χ1v) is 5.49. The molecule has 0 aliphatic heterocycles. The second-order valence-electron chi connectivity index (χ2n) is 4.18. The molecule has 3 nitrogen and oxygen atoms in total. The molecule has 0 unspecified atom stereocenters. The molecule has 0 fully saturated rings. The average Bonchev–Trinajstić information content (AvgIpc) is 2.26. The summed E-state index contributed by atoms with van der Waals surface area (Å²) in [6.07, 6.45) is -5.06. The Bertz CT molecular complexity index is 385. The fourth-order valence-electron chi connectivity index (χ4n) is 1.62. The quantitative estimate of drug-likeness (QED) is 0.769. The number of nitrogens with zero attached hydrogens (tertiary/aromatic N) is 1. The van der Waals surface area contributed by atoms with Crippen molar-refractivity contribution in [2.75, 3.05) is 13.6 Å². The van der Waals surface area contributed by atoms with Crippen LogP contribution in [0.5, 0.6) is 0 Å². The van der Waals surface area contributed by atoms with Crippen LogP contribution in [0.2, 0.25) is 0 Å². The second-order valence-corrected chi connectivity index (χ2v) is 4.18. The van der Waals surface area contributed by atoms with Gasteiger partial charge in [0.25, 0.3) is 0 Å². The minimum absolute atomic E-state index is 0.126. The van der Waals surface area contributed by atoms with Crippen molar-refractivity contribution in [3.8, 4) is 0 Å². The largest absolute Gasteiger partial charge is 0.488 e. The standard InChI is InChI=1S/C11H15BF3NO2/c1-16(7-6-11(13,14)15)8-9-4-2-3-5-10(9)12(17)18/h2-5,17-18H,6-8H2,1H3. The van der Waals surface area contributed by atoms with E-state index < -0.39 is 19.7 Å². The average molecular weight is 261 g/mol. The van der Waals surface area contributed by atoms with Gasteiger partial charge in [-0.1, -0.05) is 24.3 Å².